The van der Waals surface area contributed by atoms with Crippen LogP contribution in [0.25, 0.3) is 0 Å². The van der Waals surface area contributed by atoms with E-state index >= 15 is 0 Å². The molecule has 6 unspecified atom stereocenters. The zero-order valence-electron chi connectivity index (χ0n) is 19.8. The van der Waals surface area contributed by atoms with Gasteiger partial charge in [0.2, 0.25) is 0 Å². The standard InChI is InChI=1S/C25H31NO7/c1-13(27)31-16-6-7-17-18-8-9-25(4)21(19(18)11-22(26-30-5)20(17)10-16)12-23(32-14(2)28)24(25)33-15(3)29/h6-7,10,18-19,21,23-24H,8-9,11-12H2,1-5H3. The van der Waals surface area contributed by atoms with E-state index in [-0.39, 0.29) is 41.1 Å². The Hall–Kier alpha value is -2.90. The summed E-state index contributed by atoms with van der Waals surface area (Å²) in [5.41, 5.74) is 2.58. The first-order valence-electron chi connectivity index (χ1n) is 11.4. The van der Waals surface area contributed by atoms with E-state index in [0.717, 1.165) is 29.7 Å². The summed E-state index contributed by atoms with van der Waals surface area (Å²) in [7, 11) is 1.52. The van der Waals surface area contributed by atoms with Gasteiger partial charge in [-0.05, 0) is 61.1 Å². The number of carbonyl (C=O) groups is 3. The van der Waals surface area contributed by atoms with Gasteiger partial charge in [-0.3, -0.25) is 14.4 Å². The van der Waals surface area contributed by atoms with Crippen LogP contribution in [-0.4, -0.2) is 42.9 Å². The molecule has 2 saturated carbocycles. The van der Waals surface area contributed by atoms with Gasteiger partial charge in [0.05, 0.1) is 5.71 Å². The van der Waals surface area contributed by atoms with Gasteiger partial charge in [0, 0.05) is 31.7 Å². The Morgan fingerprint density at radius 3 is 2.42 bits per heavy atom. The third-order valence-electron chi connectivity index (χ3n) is 7.59. The minimum Gasteiger partial charge on any atom is -0.459 e. The van der Waals surface area contributed by atoms with E-state index in [0.29, 0.717) is 18.6 Å². The van der Waals surface area contributed by atoms with Crippen molar-refractivity contribution in [2.45, 2.75) is 71.5 Å². The molecule has 3 aliphatic rings. The molecule has 0 radical (unpaired) electrons. The highest BCUT2D eigenvalue weighted by Gasteiger charge is 2.61. The molecule has 0 saturated heterocycles. The highest BCUT2D eigenvalue weighted by atomic mass is 16.6. The van der Waals surface area contributed by atoms with Crippen LogP contribution in [0.2, 0.25) is 0 Å². The van der Waals surface area contributed by atoms with Crippen molar-refractivity contribution in [1.29, 1.82) is 0 Å². The first-order valence-corrected chi connectivity index (χ1v) is 11.4. The largest absolute Gasteiger partial charge is 0.459 e. The van der Waals surface area contributed by atoms with Crippen LogP contribution in [0.1, 0.15) is 70.4 Å². The molecule has 8 heteroatoms. The van der Waals surface area contributed by atoms with Crippen LogP contribution in [-0.2, 0) is 28.7 Å². The fourth-order valence-corrected chi connectivity index (χ4v) is 6.48. The van der Waals surface area contributed by atoms with Crippen LogP contribution < -0.4 is 4.74 Å². The van der Waals surface area contributed by atoms with Crippen LogP contribution in [0.5, 0.6) is 5.75 Å². The molecule has 0 amide bonds. The average Bonchev–Trinajstić information content (AvgIpc) is 2.99. The number of oxime groups is 1. The van der Waals surface area contributed by atoms with Gasteiger partial charge in [0.1, 0.15) is 25.1 Å². The fourth-order valence-electron chi connectivity index (χ4n) is 6.48. The van der Waals surface area contributed by atoms with E-state index < -0.39 is 12.2 Å². The number of esters is 3. The van der Waals surface area contributed by atoms with Crippen molar-refractivity contribution in [3.63, 3.8) is 0 Å². The fraction of sp³-hybridized carbons (Fsp3) is 0.600. The lowest BCUT2D eigenvalue weighted by atomic mass is 9.55. The van der Waals surface area contributed by atoms with Gasteiger partial charge in [-0.25, -0.2) is 0 Å². The minimum atomic E-state index is -0.472. The molecule has 33 heavy (non-hydrogen) atoms. The Kier molecular flexibility index (Phi) is 6.20. The van der Waals surface area contributed by atoms with Crippen molar-refractivity contribution in [3.05, 3.63) is 29.3 Å². The normalized spacial score (nSPS) is 33.4. The third-order valence-corrected chi connectivity index (χ3v) is 7.59. The highest BCUT2D eigenvalue weighted by Crippen LogP contribution is 2.62. The van der Waals surface area contributed by atoms with Gasteiger partial charge in [-0.1, -0.05) is 18.1 Å². The van der Waals surface area contributed by atoms with E-state index in [1.54, 1.807) is 0 Å². The SMILES string of the molecule is CON=C1CC2C(CCC3(C)C2CC(OC(C)=O)C3OC(C)=O)c2ccc(OC(C)=O)cc21. The topological polar surface area (TPSA) is 100 Å². The van der Waals surface area contributed by atoms with E-state index in [4.69, 9.17) is 19.0 Å². The number of fused-ring (bicyclic) bond motifs is 5. The summed E-state index contributed by atoms with van der Waals surface area (Å²) in [6.07, 6.45) is 2.13. The maximum atomic E-state index is 11.9. The van der Waals surface area contributed by atoms with Crippen LogP contribution >= 0.6 is 0 Å². The van der Waals surface area contributed by atoms with Crippen LogP contribution in [0.15, 0.2) is 23.4 Å². The van der Waals surface area contributed by atoms with E-state index in [1.165, 1.54) is 27.9 Å². The molecule has 1 aromatic rings. The smallest absolute Gasteiger partial charge is 0.308 e. The number of hydrogen-bond donors (Lipinski definition) is 0. The Morgan fingerprint density at radius 1 is 1.06 bits per heavy atom. The molecule has 3 aliphatic carbocycles. The number of carbonyl (C=O) groups excluding carboxylic acids is 3. The Bertz CT molecular complexity index is 1000. The summed E-state index contributed by atoms with van der Waals surface area (Å²) in [6, 6.07) is 5.69. The molecule has 6 atom stereocenters. The summed E-state index contributed by atoms with van der Waals surface area (Å²) in [6.45, 7) is 6.31. The molecule has 8 nitrogen and oxygen atoms in total. The second-order valence-electron chi connectivity index (χ2n) is 9.60. The zero-order chi connectivity index (χ0) is 23.9. The molecule has 0 spiro atoms. The van der Waals surface area contributed by atoms with Crippen LogP contribution in [0, 0.1) is 17.3 Å². The van der Waals surface area contributed by atoms with Crippen molar-refractivity contribution in [2.75, 3.05) is 7.11 Å². The first-order chi connectivity index (χ1) is 15.6. The van der Waals surface area contributed by atoms with E-state index in [2.05, 4.69) is 12.1 Å². The minimum absolute atomic E-state index is 0.174. The number of ether oxygens (including phenoxy) is 3. The van der Waals surface area contributed by atoms with Gasteiger partial charge >= 0.3 is 17.9 Å². The lowest BCUT2D eigenvalue weighted by molar-refractivity contribution is -0.171. The Labute approximate surface area is 193 Å². The van der Waals surface area contributed by atoms with Gasteiger partial charge in [-0.15, -0.1) is 0 Å². The summed E-state index contributed by atoms with van der Waals surface area (Å²) >= 11 is 0. The lowest BCUT2D eigenvalue weighted by Gasteiger charge is -2.50. The predicted molar refractivity (Wildman–Crippen MR) is 119 cm³/mol. The zero-order valence-corrected chi connectivity index (χ0v) is 19.8. The molecular formula is C25H31NO7. The molecule has 178 valence electrons. The maximum Gasteiger partial charge on any atom is 0.308 e. The molecule has 4 rings (SSSR count). The Morgan fingerprint density at radius 2 is 1.79 bits per heavy atom. The van der Waals surface area contributed by atoms with Gasteiger partial charge < -0.3 is 19.0 Å². The third kappa shape index (κ3) is 4.23. The number of benzene rings is 1. The highest BCUT2D eigenvalue weighted by molar-refractivity contribution is 6.03. The van der Waals surface area contributed by atoms with Crippen molar-refractivity contribution >= 4 is 23.6 Å². The maximum absolute atomic E-state index is 11.9. The molecule has 2 fully saturated rings. The second kappa shape index (κ2) is 8.80. The molecular weight excluding hydrogens is 426 g/mol. The average molecular weight is 458 g/mol. The van der Waals surface area contributed by atoms with Crippen LogP contribution in [0.4, 0.5) is 0 Å². The molecule has 0 bridgehead atoms. The number of nitrogens with zero attached hydrogens (tertiary/aromatic N) is 1. The van der Waals surface area contributed by atoms with Crippen molar-refractivity contribution in [1.82, 2.24) is 0 Å². The van der Waals surface area contributed by atoms with Gasteiger partial charge in [0.25, 0.3) is 0 Å². The van der Waals surface area contributed by atoms with Crippen molar-refractivity contribution < 1.29 is 33.4 Å². The molecule has 1 aromatic carbocycles. The van der Waals surface area contributed by atoms with Crippen molar-refractivity contribution in [3.8, 4) is 5.75 Å². The molecule has 0 N–H and O–H groups in total. The van der Waals surface area contributed by atoms with Gasteiger partial charge in [0.15, 0.2) is 0 Å². The number of hydrogen-bond acceptors (Lipinski definition) is 8. The van der Waals surface area contributed by atoms with Gasteiger partial charge in [-0.2, -0.15) is 0 Å². The van der Waals surface area contributed by atoms with Crippen LogP contribution in [0.3, 0.4) is 0 Å². The van der Waals surface area contributed by atoms with E-state index in [1.807, 2.05) is 18.2 Å². The summed E-state index contributed by atoms with van der Waals surface area (Å²) in [5.74, 6) is 0.0430. The summed E-state index contributed by atoms with van der Waals surface area (Å²) in [4.78, 5) is 40.3. The second-order valence-corrected chi connectivity index (χ2v) is 9.60. The molecule has 0 aromatic heterocycles. The number of rotatable bonds is 4. The molecule has 0 heterocycles. The quantitative estimate of drug-likeness (QED) is 0.386. The van der Waals surface area contributed by atoms with E-state index in [9.17, 15) is 14.4 Å². The monoisotopic (exact) mass is 457 g/mol. The first kappa shape index (κ1) is 23.3. The Balaban J connectivity index is 1.72. The summed E-state index contributed by atoms with van der Waals surface area (Å²) in [5, 5.41) is 4.31. The lowest BCUT2D eigenvalue weighted by Crippen LogP contribution is -2.47. The van der Waals surface area contributed by atoms with Crippen molar-refractivity contribution in [2.24, 2.45) is 22.4 Å². The summed E-state index contributed by atoms with van der Waals surface area (Å²) < 4.78 is 16.7. The predicted octanol–water partition coefficient (Wildman–Crippen LogP) is 3.75. The molecule has 0 aliphatic heterocycles.